The molecule has 0 amide bonds. The maximum absolute atomic E-state index is 12.5. The van der Waals surface area contributed by atoms with Gasteiger partial charge in [0.15, 0.2) is 5.65 Å². The van der Waals surface area contributed by atoms with Crippen molar-refractivity contribution in [3.05, 3.63) is 88.8 Å². The first kappa shape index (κ1) is 45.5. The maximum atomic E-state index is 12.5. The summed E-state index contributed by atoms with van der Waals surface area (Å²) in [5.74, 6) is -2.81. The zero-order chi connectivity index (χ0) is 44.2. The number of aryl methyl sites for hydroxylation is 2. The van der Waals surface area contributed by atoms with Crippen molar-refractivity contribution >= 4 is 105 Å². The van der Waals surface area contributed by atoms with E-state index in [1.165, 1.54) is 41.7 Å². The topological polar surface area (TPSA) is 321 Å². The van der Waals surface area contributed by atoms with E-state index in [2.05, 4.69) is 58.3 Å². The molecule has 5 aromatic rings. The van der Waals surface area contributed by atoms with Gasteiger partial charge in [0.05, 0.1) is 33.3 Å². The summed E-state index contributed by atoms with van der Waals surface area (Å²) < 4.78 is 106. The molecule has 0 saturated heterocycles. The van der Waals surface area contributed by atoms with Crippen molar-refractivity contribution in [2.75, 3.05) is 16.8 Å². The lowest BCUT2D eigenvalue weighted by atomic mass is 10.1. The quantitative estimate of drug-likeness (QED) is 0.0268. The molecule has 0 bridgehead atoms. The van der Waals surface area contributed by atoms with E-state index >= 15 is 0 Å². The van der Waals surface area contributed by atoms with Gasteiger partial charge >= 0.3 is 5.97 Å². The molecule has 25 heteroatoms. The average Bonchev–Trinajstić information content (AvgIpc) is 3.50. The first-order valence-electron chi connectivity index (χ1n) is 17.0. The third-order valence-corrected chi connectivity index (χ3v) is 11.2. The predicted octanol–water partition coefficient (Wildman–Crippen LogP) is 8.37. The molecule has 2 heterocycles. The maximum Gasteiger partial charge on any atom is 0.339 e. The molecule has 0 fully saturated rings. The lowest BCUT2D eigenvalue weighted by molar-refractivity contribution is 0.0697. The van der Waals surface area contributed by atoms with Gasteiger partial charge in [-0.05, 0) is 80.9 Å². The van der Waals surface area contributed by atoms with Gasteiger partial charge in [0.2, 0.25) is 5.88 Å². The number of hydrogen-bond donors (Lipinski definition) is 5. The summed E-state index contributed by atoms with van der Waals surface area (Å²) in [7, 11) is -13.9. The van der Waals surface area contributed by atoms with Gasteiger partial charge in [-0.2, -0.15) is 40.6 Å². The fourth-order valence-corrected chi connectivity index (χ4v) is 7.41. The van der Waals surface area contributed by atoms with E-state index in [1.54, 1.807) is 26.0 Å². The van der Waals surface area contributed by atoms with Crippen LogP contribution in [0, 0.1) is 13.8 Å². The van der Waals surface area contributed by atoms with E-state index in [-0.39, 0.29) is 61.5 Å². The summed E-state index contributed by atoms with van der Waals surface area (Å²) in [6.07, 6.45) is 3.84. The summed E-state index contributed by atoms with van der Waals surface area (Å²) in [6, 6.07) is 10.6. The number of carbonyl (C=O) groups is 1. The number of halogens is 1. The molecule has 0 radical (unpaired) electrons. The predicted molar refractivity (Wildman–Crippen MR) is 224 cm³/mol. The Kier molecular flexibility index (Phi) is 13.9. The van der Waals surface area contributed by atoms with Crippen LogP contribution in [-0.2, 0) is 36.8 Å². The Balaban J connectivity index is 1.56. The van der Waals surface area contributed by atoms with E-state index in [0.717, 1.165) is 24.3 Å². The van der Waals surface area contributed by atoms with Gasteiger partial charge in [-0.3, -0.25) is 18.1 Å². The van der Waals surface area contributed by atoms with Crippen molar-refractivity contribution in [2.45, 2.75) is 37.0 Å². The molecule has 0 saturated carbocycles. The highest BCUT2D eigenvalue weighted by atomic mass is 127. The molecule has 0 aliphatic heterocycles. The lowest BCUT2D eigenvalue weighted by Gasteiger charge is -2.12. The van der Waals surface area contributed by atoms with Crippen LogP contribution in [0.4, 0.5) is 34.1 Å². The van der Waals surface area contributed by atoms with Crippen molar-refractivity contribution in [1.82, 2.24) is 9.38 Å². The van der Waals surface area contributed by atoms with Crippen LogP contribution in [0.2, 0.25) is 0 Å². The van der Waals surface area contributed by atoms with Crippen molar-refractivity contribution in [3.8, 4) is 11.6 Å². The van der Waals surface area contributed by atoms with E-state index in [4.69, 9.17) is 9.29 Å². The number of nitrogens with zero attached hydrogens (tertiary/aromatic N) is 8. The number of hydrogen-bond acceptors (Lipinski definition) is 16. The number of ether oxygens (including phenoxy) is 1. The number of imidazole rings is 1. The van der Waals surface area contributed by atoms with Crippen molar-refractivity contribution in [1.29, 1.82) is 0 Å². The van der Waals surface area contributed by atoms with E-state index in [1.807, 2.05) is 0 Å². The number of alkyl halides is 1. The van der Waals surface area contributed by atoms with Crippen LogP contribution in [-0.4, -0.2) is 81.3 Å². The minimum absolute atomic E-state index is 0.00767. The van der Waals surface area contributed by atoms with E-state index < -0.39 is 59.5 Å². The van der Waals surface area contributed by atoms with Gasteiger partial charge in [0.1, 0.15) is 45.6 Å². The largest absolute Gasteiger partial charge is 0.493 e. The second kappa shape index (κ2) is 18.4. The summed E-state index contributed by atoms with van der Waals surface area (Å²) in [4.78, 5) is 15.9. The Bertz CT molecular complexity index is 2970. The summed E-state index contributed by atoms with van der Waals surface area (Å²) >= 11 is 2.15. The van der Waals surface area contributed by atoms with Gasteiger partial charge < -0.3 is 14.9 Å². The minimum atomic E-state index is -4.94. The Morgan fingerprint density at radius 1 is 0.833 bits per heavy atom. The fourth-order valence-electron chi connectivity index (χ4n) is 5.48. The average molecular weight is 997 g/mol. The van der Waals surface area contributed by atoms with Gasteiger partial charge in [-0.25, -0.2) is 9.78 Å². The van der Waals surface area contributed by atoms with Crippen LogP contribution in [0.25, 0.3) is 11.7 Å². The highest BCUT2D eigenvalue weighted by Crippen LogP contribution is 2.41. The Hall–Kier alpha value is -5.58. The van der Waals surface area contributed by atoms with Gasteiger partial charge in [-0.15, -0.1) is 15.3 Å². The first-order chi connectivity index (χ1) is 28.1. The molecule has 3 aromatic carbocycles. The number of aromatic carboxylic acids is 1. The molecule has 2 aromatic heterocycles. The number of rotatable bonds is 16. The minimum Gasteiger partial charge on any atom is -0.493 e. The van der Waals surface area contributed by atoms with Crippen molar-refractivity contribution in [3.63, 3.8) is 0 Å². The lowest BCUT2D eigenvalue weighted by Crippen LogP contribution is -2.12. The zero-order valence-corrected chi connectivity index (χ0v) is 36.0. The number of aromatic nitrogens is 2. The van der Waals surface area contributed by atoms with Crippen LogP contribution >= 0.6 is 22.6 Å². The highest BCUT2D eigenvalue weighted by Gasteiger charge is 2.26. The first-order valence-corrected chi connectivity index (χ1v) is 23.0. The summed E-state index contributed by atoms with van der Waals surface area (Å²) in [5, 5.41) is 45.9. The third-order valence-electron chi connectivity index (χ3n) is 8.27. The number of benzene rings is 3. The van der Waals surface area contributed by atoms with Crippen LogP contribution in [0.3, 0.4) is 0 Å². The van der Waals surface area contributed by atoms with Crippen LogP contribution < -0.4 is 4.74 Å². The Labute approximate surface area is 355 Å². The number of azo groups is 3. The molecular formula is C35H33IN8O13S3. The van der Waals surface area contributed by atoms with Gasteiger partial charge in [0, 0.05) is 22.5 Å². The second-order valence-electron chi connectivity index (χ2n) is 12.5. The van der Waals surface area contributed by atoms with Gasteiger partial charge in [0.25, 0.3) is 30.4 Å². The number of carboxylic acids is 1. The summed E-state index contributed by atoms with van der Waals surface area (Å²) in [5.41, 5.74) is 0.539. The standard InChI is InChI=1S/C35H33IN8O13S3/c1-4-5-28-24(12-13-36)37-33-31(35(46)47)20(3)32(34(45)44(28)33)43-42-27-16-19(2)26(18-29(27)57-14-15-58(48,49)50)41-40-25-11-8-22(17-30(25)60(54,55)56)39-38-21-6-9-23(10-7-21)59(51,52)53/h4-11,16-18,45H,12-15H2,1-3H3,(H,46,47)(H,48,49,50)(H,51,52,53)(H,54,55,56)/b5-4-,39-38?,41-40?,43-42?. The van der Waals surface area contributed by atoms with Crippen LogP contribution in [0.1, 0.15) is 39.8 Å². The van der Waals surface area contributed by atoms with Crippen LogP contribution in [0.5, 0.6) is 11.6 Å². The van der Waals surface area contributed by atoms with Crippen LogP contribution in [0.15, 0.2) is 101 Å². The number of allylic oxidation sites excluding steroid dienone is 1. The van der Waals surface area contributed by atoms with Crippen molar-refractivity contribution in [2.24, 2.45) is 30.7 Å². The molecule has 0 aliphatic rings. The number of pyridine rings is 1. The van der Waals surface area contributed by atoms with E-state index in [0.29, 0.717) is 27.8 Å². The molecule has 21 nitrogen and oxygen atoms in total. The van der Waals surface area contributed by atoms with Gasteiger partial charge in [-0.1, -0.05) is 28.7 Å². The number of fused-ring (bicyclic) bond motifs is 1. The molecular weight excluding hydrogens is 964 g/mol. The fraction of sp³-hybridized carbons (Fsp3) is 0.200. The molecule has 0 atom stereocenters. The molecule has 5 rings (SSSR count). The second-order valence-corrected chi connectivity index (χ2v) is 17.9. The smallest absolute Gasteiger partial charge is 0.339 e. The molecule has 0 aliphatic carbocycles. The normalized spacial score (nSPS) is 12.8. The Morgan fingerprint density at radius 2 is 1.47 bits per heavy atom. The Morgan fingerprint density at radius 3 is 2.07 bits per heavy atom. The molecule has 0 spiro atoms. The number of carboxylic acid groups (broad SMARTS) is 1. The SMILES string of the molecule is C/C=C\c1c(CCI)nc2c(C(=O)O)c(C)c(N=Nc3cc(C)c(N=Nc4ccc(N=Nc5ccc(S(=O)(=O)O)cc5)cc4S(=O)(=O)O)cc3OCCS(=O)(=O)O)c(O)n12. The molecule has 5 N–H and O–H groups in total. The zero-order valence-electron chi connectivity index (χ0n) is 31.4. The molecule has 316 valence electrons. The third kappa shape index (κ3) is 10.8. The van der Waals surface area contributed by atoms with Crippen molar-refractivity contribution < 1.29 is 58.7 Å². The molecule has 60 heavy (non-hydrogen) atoms. The molecule has 0 unspecified atom stereocenters. The monoisotopic (exact) mass is 996 g/mol. The van der Waals surface area contributed by atoms with E-state index in [9.17, 15) is 49.4 Å². The summed E-state index contributed by atoms with van der Waals surface area (Å²) in [6.45, 7) is 4.12. The number of aromatic hydroxyl groups is 1. The highest BCUT2D eigenvalue weighted by molar-refractivity contribution is 14.1.